The van der Waals surface area contributed by atoms with Crippen molar-refractivity contribution < 1.29 is 9.21 Å². The molecule has 5 nitrogen and oxygen atoms in total. The number of carbonyl (C=O) groups is 1. The normalized spacial score (nSPS) is 19.8. The van der Waals surface area contributed by atoms with Gasteiger partial charge in [-0.25, -0.2) is 4.98 Å². The van der Waals surface area contributed by atoms with Crippen LogP contribution < -0.4 is 10.6 Å². The minimum absolute atomic E-state index is 0.0770. The van der Waals surface area contributed by atoms with E-state index < -0.39 is 0 Å². The summed E-state index contributed by atoms with van der Waals surface area (Å²) in [4.78, 5) is 16.6. The molecule has 2 N–H and O–H groups in total. The maximum atomic E-state index is 12.0. The molecule has 1 atom stereocenters. The summed E-state index contributed by atoms with van der Waals surface area (Å²) < 4.78 is 5.80. The lowest BCUT2D eigenvalue weighted by molar-refractivity contribution is -0.121. The molecule has 2 aromatic rings. The van der Waals surface area contributed by atoms with E-state index in [4.69, 9.17) is 4.42 Å². The third-order valence-corrected chi connectivity index (χ3v) is 3.91. The maximum absolute atomic E-state index is 12.0. The van der Waals surface area contributed by atoms with Gasteiger partial charge in [-0.2, -0.15) is 0 Å². The van der Waals surface area contributed by atoms with E-state index >= 15 is 0 Å². The number of carbonyl (C=O) groups excluding carboxylic acids is 1. The molecule has 0 bridgehead atoms. The number of anilines is 1. The number of hydrogen-bond acceptors (Lipinski definition) is 4. The van der Waals surface area contributed by atoms with Gasteiger partial charge in [0.1, 0.15) is 11.6 Å². The van der Waals surface area contributed by atoms with Crippen molar-refractivity contribution in [1.82, 2.24) is 10.3 Å². The minimum atomic E-state index is -0.172. The van der Waals surface area contributed by atoms with Crippen LogP contribution in [0.3, 0.4) is 0 Å². The predicted molar refractivity (Wildman–Crippen MR) is 87.0 cm³/mol. The highest BCUT2D eigenvalue weighted by atomic mass is 16.3. The fourth-order valence-corrected chi connectivity index (χ4v) is 2.62. The number of fused-ring (bicyclic) bond motifs is 1. The van der Waals surface area contributed by atoms with Crippen LogP contribution in [0.5, 0.6) is 0 Å². The molecule has 118 valence electrons. The highest BCUT2D eigenvalue weighted by Gasteiger charge is 2.22. The molecule has 1 aliphatic rings. The molecule has 1 fully saturated rings. The SMILES string of the molecule is CC(C)(C)c1nc2cc(N[C@H]3CCCCNC3=O)ccc2o1. The van der Waals surface area contributed by atoms with E-state index in [9.17, 15) is 4.79 Å². The minimum Gasteiger partial charge on any atom is -0.440 e. The zero-order chi connectivity index (χ0) is 15.7. The number of nitrogens with one attached hydrogen (secondary N) is 2. The van der Waals surface area contributed by atoms with Gasteiger partial charge in [0.2, 0.25) is 11.8 Å². The van der Waals surface area contributed by atoms with Crippen LogP contribution >= 0.6 is 0 Å². The molecule has 1 aromatic carbocycles. The smallest absolute Gasteiger partial charge is 0.242 e. The van der Waals surface area contributed by atoms with Crippen LogP contribution in [-0.4, -0.2) is 23.5 Å². The van der Waals surface area contributed by atoms with Gasteiger partial charge in [0, 0.05) is 17.6 Å². The molecule has 0 aliphatic carbocycles. The van der Waals surface area contributed by atoms with Gasteiger partial charge < -0.3 is 15.1 Å². The van der Waals surface area contributed by atoms with Gasteiger partial charge in [-0.15, -0.1) is 0 Å². The Labute approximate surface area is 130 Å². The molecule has 5 heteroatoms. The lowest BCUT2D eigenvalue weighted by atomic mass is 9.97. The summed E-state index contributed by atoms with van der Waals surface area (Å²) in [7, 11) is 0. The van der Waals surface area contributed by atoms with Crippen LogP contribution in [-0.2, 0) is 10.2 Å². The van der Waals surface area contributed by atoms with Crippen LogP contribution in [0.25, 0.3) is 11.1 Å². The molecule has 0 unspecified atom stereocenters. The van der Waals surface area contributed by atoms with E-state index in [-0.39, 0.29) is 17.4 Å². The van der Waals surface area contributed by atoms with Crippen LogP contribution in [0.1, 0.15) is 45.9 Å². The van der Waals surface area contributed by atoms with Crippen molar-refractivity contribution in [1.29, 1.82) is 0 Å². The van der Waals surface area contributed by atoms with Gasteiger partial charge in [0.15, 0.2) is 5.58 Å². The van der Waals surface area contributed by atoms with Crippen molar-refractivity contribution in [2.75, 3.05) is 11.9 Å². The Morgan fingerprint density at radius 3 is 2.91 bits per heavy atom. The summed E-state index contributed by atoms with van der Waals surface area (Å²) in [6.45, 7) is 7.00. The van der Waals surface area contributed by atoms with Crippen LogP contribution in [0.4, 0.5) is 5.69 Å². The number of benzene rings is 1. The number of hydrogen-bond donors (Lipinski definition) is 2. The van der Waals surface area contributed by atoms with Gasteiger partial charge in [-0.1, -0.05) is 20.8 Å². The molecule has 1 aromatic heterocycles. The number of oxazole rings is 1. The van der Waals surface area contributed by atoms with Crippen molar-refractivity contribution in [2.24, 2.45) is 0 Å². The first-order valence-corrected chi connectivity index (χ1v) is 7.89. The van der Waals surface area contributed by atoms with Crippen LogP contribution in [0, 0.1) is 0 Å². The molecular weight excluding hydrogens is 278 g/mol. The first-order valence-electron chi connectivity index (χ1n) is 7.89. The zero-order valence-electron chi connectivity index (χ0n) is 13.4. The monoisotopic (exact) mass is 301 g/mol. The predicted octanol–water partition coefficient (Wildman–Crippen LogP) is 3.21. The van der Waals surface area contributed by atoms with Crippen molar-refractivity contribution in [3.05, 3.63) is 24.1 Å². The van der Waals surface area contributed by atoms with Crippen LogP contribution in [0.15, 0.2) is 22.6 Å². The quantitative estimate of drug-likeness (QED) is 0.894. The first kappa shape index (κ1) is 14.9. The van der Waals surface area contributed by atoms with Gasteiger partial charge in [-0.3, -0.25) is 4.79 Å². The van der Waals surface area contributed by atoms with Crippen LogP contribution in [0.2, 0.25) is 0 Å². The Hall–Kier alpha value is -2.04. The van der Waals surface area contributed by atoms with E-state index in [1.165, 1.54) is 0 Å². The van der Waals surface area contributed by atoms with Crippen molar-refractivity contribution in [3.8, 4) is 0 Å². The molecular formula is C17H23N3O2. The summed E-state index contributed by atoms with van der Waals surface area (Å²) in [6, 6.07) is 5.63. The fourth-order valence-electron chi connectivity index (χ4n) is 2.62. The summed E-state index contributed by atoms with van der Waals surface area (Å²) in [5, 5.41) is 6.26. The summed E-state index contributed by atoms with van der Waals surface area (Å²) in [5.74, 6) is 0.806. The second-order valence-corrected chi connectivity index (χ2v) is 6.94. The zero-order valence-corrected chi connectivity index (χ0v) is 13.4. The van der Waals surface area contributed by atoms with E-state index in [0.717, 1.165) is 48.5 Å². The number of rotatable bonds is 2. The Morgan fingerprint density at radius 2 is 2.14 bits per heavy atom. The van der Waals surface area contributed by atoms with E-state index in [1.54, 1.807) is 0 Å². The Kier molecular flexibility index (Phi) is 3.81. The fraction of sp³-hybridized carbons (Fsp3) is 0.529. The molecule has 2 heterocycles. The highest BCUT2D eigenvalue weighted by molar-refractivity contribution is 5.86. The molecule has 0 spiro atoms. The highest BCUT2D eigenvalue weighted by Crippen LogP contribution is 2.27. The van der Waals surface area contributed by atoms with Crippen molar-refractivity contribution in [3.63, 3.8) is 0 Å². The molecule has 22 heavy (non-hydrogen) atoms. The first-order chi connectivity index (χ1) is 10.4. The summed E-state index contributed by atoms with van der Waals surface area (Å²) >= 11 is 0. The molecule has 1 amide bonds. The van der Waals surface area contributed by atoms with E-state index in [2.05, 4.69) is 36.4 Å². The standard InChI is InChI=1S/C17H23N3O2/c1-17(2,3)16-20-13-10-11(7-8-14(13)22-16)19-12-6-4-5-9-18-15(12)21/h7-8,10,12,19H,4-6,9H2,1-3H3,(H,18,21)/t12-/m0/s1. The summed E-state index contributed by atoms with van der Waals surface area (Å²) in [6.07, 6.45) is 2.95. The average Bonchev–Trinajstić information content (AvgIpc) is 2.79. The maximum Gasteiger partial charge on any atom is 0.242 e. The van der Waals surface area contributed by atoms with Gasteiger partial charge >= 0.3 is 0 Å². The Morgan fingerprint density at radius 1 is 1.32 bits per heavy atom. The Bertz CT molecular complexity index is 685. The van der Waals surface area contributed by atoms with Gasteiger partial charge in [0.05, 0.1) is 0 Å². The molecule has 3 rings (SSSR count). The summed E-state index contributed by atoms with van der Waals surface area (Å²) in [5.41, 5.74) is 2.39. The van der Waals surface area contributed by atoms with E-state index in [0.29, 0.717) is 0 Å². The Balaban J connectivity index is 1.83. The lowest BCUT2D eigenvalue weighted by Crippen LogP contribution is -2.37. The van der Waals surface area contributed by atoms with Crippen molar-refractivity contribution >= 4 is 22.7 Å². The molecule has 0 radical (unpaired) electrons. The van der Waals surface area contributed by atoms with Gasteiger partial charge in [0.25, 0.3) is 0 Å². The number of nitrogens with zero attached hydrogens (tertiary/aromatic N) is 1. The number of aromatic nitrogens is 1. The topological polar surface area (TPSA) is 67.2 Å². The third-order valence-electron chi connectivity index (χ3n) is 3.91. The van der Waals surface area contributed by atoms with Crippen molar-refractivity contribution in [2.45, 2.75) is 51.5 Å². The second-order valence-electron chi connectivity index (χ2n) is 6.94. The second kappa shape index (κ2) is 5.63. The molecule has 1 aliphatic heterocycles. The third kappa shape index (κ3) is 3.08. The number of amides is 1. The largest absolute Gasteiger partial charge is 0.440 e. The lowest BCUT2D eigenvalue weighted by Gasteiger charge is -2.16. The average molecular weight is 301 g/mol. The van der Waals surface area contributed by atoms with Gasteiger partial charge in [-0.05, 0) is 37.5 Å². The molecule has 0 saturated carbocycles. The van der Waals surface area contributed by atoms with E-state index in [1.807, 2.05) is 18.2 Å². The molecule has 1 saturated heterocycles.